The van der Waals surface area contributed by atoms with Gasteiger partial charge in [0.15, 0.2) is 0 Å². The molecule has 1 aromatic rings. The summed E-state index contributed by atoms with van der Waals surface area (Å²) in [6.07, 6.45) is 5.35. The Morgan fingerprint density at radius 1 is 1.38 bits per heavy atom. The predicted molar refractivity (Wildman–Crippen MR) is 57.2 cm³/mol. The Labute approximate surface area is 84.9 Å². The van der Waals surface area contributed by atoms with Crippen molar-refractivity contribution in [3.63, 3.8) is 0 Å². The van der Waals surface area contributed by atoms with Gasteiger partial charge in [-0.2, -0.15) is 0 Å². The number of aryl methyl sites for hydroxylation is 2. The van der Waals surface area contributed by atoms with Gasteiger partial charge in [0, 0.05) is 5.02 Å². The van der Waals surface area contributed by atoms with E-state index in [0.29, 0.717) is 0 Å². The molecule has 1 aromatic carbocycles. The molecule has 0 unspecified atom stereocenters. The highest BCUT2D eigenvalue weighted by atomic mass is 35.5. The van der Waals surface area contributed by atoms with Gasteiger partial charge in [-0.05, 0) is 37.3 Å². The van der Waals surface area contributed by atoms with Crippen molar-refractivity contribution in [1.29, 1.82) is 0 Å². The standard InChI is InChI=1S/C12H15Cl/c1-9-2-7-12(13)11(8-9)6-5-10-3-4-10/h2,7-8,10H,3-6H2,1H3. The Balaban J connectivity index is 2.03. The molecule has 0 amide bonds. The molecule has 0 atom stereocenters. The molecule has 0 N–H and O–H groups in total. The van der Waals surface area contributed by atoms with Crippen LogP contribution < -0.4 is 0 Å². The van der Waals surface area contributed by atoms with Crippen molar-refractivity contribution in [3.05, 3.63) is 34.3 Å². The summed E-state index contributed by atoms with van der Waals surface area (Å²) in [6, 6.07) is 6.30. The van der Waals surface area contributed by atoms with Gasteiger partial charge in [-0.25, -0.2) is 0 Å². The maximum absolute atomic E-state index is 6.10. The first-order valence-corrected chi connectivity index (χ1v) is 5.38. The zero-order valence-electron chi connectivity index (χ0n) is 8.02. The summed E-state index contributed by atoms with van der Waals surface area (Å²) in [7, 11) is 0. The Morgan fingerprint density at radius 2 is 2.15 bits per heavy atom. The van der Waals surface area contributed by atoms with Crippen molar-refractivity contribution in [1.82, 2.24) is 0 Å². The van der Waals surface area contributed by atoms with Crippen LogP contribution in [0.25, 0.3) is 0 Å². The quantitative estimate of drug-likeness (QED) is 0.683. The fraction of sp³-hybridized carbons (Fsp3) is 0.500. The van der Waals surface area contributed by atoms with Gasteiger partial charge in [0.25, 0.3) is 0 Å². The summed E-state index contributed by atoms with van der Waals surface area (Å²) in [5.74, 6) is 0.997. The second-order valence-corrected chi connectivity index (χ2v) is 4.48. The smallest absolute Gasteiger partial charge is 0.0438 e. The molecule has 0 heterocycles. The lowest BCUT2D eigenvalue weighted by Gasteiger charge is -2.04. The first-order valence-electron chi connectivity index (χ1n) is 5.01. The van der Waals surface area contributed by atoms with Gasteiger partial charge in [-0.3, -0.25) is 0 Å². The van der Waals surface area contributed by atoms with E-state index in [-0.39, 0.29) is 0 Å². The Morgan fingerprint density at radius 3 is 2.85 bits per heavy atom. The average molecular weight is 195 g/mol. The molecule has 1 aliphatic carbocycles. The van der Waals surface area contributed by atoms with Crippen LogP contribution in [0.4, 0.5) is 0 Å². The molecule has 1 saturated carbocycles. The number of benzene rings is 1. The minimum absolute atomic E-state index is 0.936. The van der Waals surface area contributed by atoms with E-state index in [1.165, 1.54) is 30.4 Å². The van der Waals surface area contributed by atoms with Crippen LogP contribution in [-0.4, -0.2) is 0 Å². The van der Waals surface area contributed by atoms with Crippen LogP contribution in [0.5, 0.6) is 0 Å². The molecule has 0 radical (unpaired) electrons. The van der Waals surface area contributed by atoms with Gasteiger partial charge in [0.05, 0.1) is 0 Å². The Kier molecular flexibility index (Phi) is 2.59. The van der Waals surface area contributed by atoms with Gasteiger partial charge >= 0.3 is 0 Å². The summed E-state index contributed by atoms with van der Waals surface area (Å²) in [5, 5.41) is 0.936. The van der Waals surface area contributed by atoms with Crippen molar-refractivity contribution in [2.24, 2.45) is 5.92 Å². The molecule has 1 aliphatic rings. The first-order chi connectivity index (χ1) is 6.25. The highest BCUT2D eigenvalue weighted by Crippen LogP contribution is 2.34. The fourth-order valence-corrected chi connectivity index (χ4v) is 1.87. The third kappa shape index (κ3) is 2.47. The lowest BCUT2D eigenvalue weighted by atomic mass is 10.1. The fourth-order valence-electron chi connectivity index (χ4n) is 1.66. The topological polar surface area (TPSA) is 0 Å². The SMILES string of the molecule is Cc1ccc(Cl)c(CCC2CC2)c1. The highest BCUT2D eigenvalue weighted by Gasteiger charge is 2.20. The second kappa shape index (κ2) is 3.71. The molecule has 2 rings (SSSR count). The van der Waals surface area contributed by atoms with E-state index in [9.17, 15) is 0 Å². The number of hydrogen-bond donors (Lipinski definition) is 0. The Hall–Kier alpha value is -0.490. The van der Waals surface area contributed by atoms with Gasteiger partial charge in [-0.15, -0.1) is 0 Å². The number of rotatable bonds is 3. The molecule has 0 nitrogen and oxygen atoms in total. The normalized spacial score (nSPS) is 16.2. The molecule has 0 aromatic heterocycles. The van der Waals surface area contributed by atoms with Crippen molar-refractivity contribution in [2.75, 3.05) is 0 Å². The monoisotopic (exact) mass is 194 g/mol. The predicted octanol–water partition coefficient (Wildman–Crippen LogP) is 3.99. The van der Waals surface area contributed by atoms with Gasteiger partial charge in [0.2, 0.25) is 0 Å². The zero-order valence-corrected chi connectivity index (χ0v) is 8.77. The minimum Gasteiger partial charge on any atom is -0.0840 e. The van der Waals surface area contributed by atoms with Crippen molar-refractivity contribution >= 4 is 11.6 Å². The molecular weight excluding hydrogens is 180 g/mol. The molecular formula is C12H15Cl. The van der Waals surface area contributed by atoms with Crippen LogP contribution in [0, 0.1) is 12.8 Å². The summed E-state index contributed by atoms with van der Waals surface area (Å²) in [5.41, 5.74) is 2.64. The van der Waals surface area contributed by atoms with Crippen molar-refractivity contribution in [2.45, 2.75) is 32.6 Å². The number of halogens is 1. The molecule has 0 bridgehead atoms. The molecule has 1 fully saturated rings. The lowest BCUT2D eigenvalue weighted by Crippen LogP contribution is -1.89. The summed E-state index contributed by atoms with van der Waals surface area (Å²) in [6.45, 7) is 2.12. The van der Waals surface area contributed by atoms with E-state index >= 15 is 0 Å². The molecule has 0 spiro atoms. The second-order valence-electron chi connectivity index (χ2n) is 4.08. The minimum atomic E-state index is 0.936. The molecule has 13 heavy (non-hydrogen) atoms. The van der Waals surface area contributed by atoms with Gasteiger partial charge < -0.3 is 0 Å². The van der Waals surface area contributed by atoms with Crippen LogP contribution in [0.1, 0.15) is 30.4 Å². The lowest BCUT2D eigenvalue weighted by molar-refractivity contribution is 0.726. The van der Waals surface area contributed by atoms with Gasteiger partial charge in [-0.1, -0.05) is 42.1 Å². The van der Waals surface area contributed by atoms with Crippen LogP contribution in [-0.2, 0) is 6.42 Å². The van der Waals surface area contributed by atoms with Crippen LogP contribution in [0.3, 0.4) is 0 Å². The maximum Gasteiger partial charge on any atom is 0.0438 e. The van der Waals surface area contributed by atoms with E-state index in [1.54, 1.807) is 0 Å². The third-order valence-corrected chi connectivity index (χ3v) is 3.09. The zero-order chi connectivity index (χ0) is 9.26. The van der Waals surface area contributed by atoms with Crippen molar-refractivity contribution < 1.29 is 0 Å². The molecule has 70 valence electrons. The van der Waals surface area contributed by atoms with E-state index in [2.05, 4.69) is 19.1 Å². The summed E-state index contributed by atoms with van der Waals surface area (Å²) >= 11 is 6.10. The molecule has 1 heteroatoms. The van der Waals surface area contributed by atoms with Crippen LogP contribution in [0.15, 0.2) is 18.2 Å². The first kappa shape index (κ1) is 9.08. The van der Waals surface area contributed by atoms with Crippen LogP contribution in [0.2, 0.25) is 5.02 Å². The molecule has 0 aliphatic heterocycles. The van der Waals surface area contributed by atoms with Crippen LogP contribution >= 0.6 is 11.6 Å². The summed E-state index contributed by atoms with van der Waals surface area (Å²) < 4.78 is 0. The summed E-state index contributed by atoms with van der Waals surface area (Å²) in [4.78, 5) is 0. The highest BCUT2D eigenvalue weighted by molar-refractivity contribution is 6.31. The Bertz CT molecular complexity index is 300. The average Bonchev–Trinajstić information content (AvgIpc) is 2.90. The van der Waals surface area contributed by atoms with E-state index < -0.39 is 0 Å². The maximum atomic E-state index is 6.10. The van der Waals surface area contributed by atoms with Gasteiger partial charge in [0.1, 0.15) is 0 Å². The number of hydrogen-bond acceptors (Lipinski definition) is 0. The van der Waals surface area contributed by atoms with Crippen molar-refractivity contribution in [3.8, 4) is 0 Å². The van der Waals surface area contributed by atoms with E-state index in [0.717, 1.165) is 17.4 Å². The third-order valence-electron chi connectivity index (χ3n) is 2.72. The van der Waals surface area contributed by atoms with E-state index in [4.69, 9.17) is 11.6 Å². The van der Waals surface area contributed by atoms with E-state index in [1.807, 2.05) is 6.07 Å². The largest absolute Gasteiger partial charge is 0.0840 e. The molecule has 0 saturated heterocycles.